The van der Waals surface area contributed by atoms with E-state index in [0.717, 1.165) is 11.8 Å². The topological polar surface area (TPSA) is 130 Å². The number of benzene rings is 1. The number of anilines is 1. The Bertz CT molecular complexity index is 1330. The number of hydrogen-bond donors (Lipinski definition) is 3. The van der Waals surface area contributed by atoms with Gasteiger partial charge in [0.1, 0.15) is 29.8 Å². The first kappa shape index (κ1) is 25.2. The van der Waals surface area contributed by atoms with Crippen LogP contribution in [0, 0.1) is 11.7 Å². The highest BCUT2D eigenvalue weighted by atomic mass is 19.1. The Hall–Kier alpha value is -4.48. The van der Waals surface area contributed by atoms with Crippen molar-refractivity contribution in [2.24, 2.45) is 16.0 Å². The third-order valence-electron chi connectivity index (χ3n) is 6.05. The van der Waals surface area contributed by atoms with E-state index in [9.17, 15) is 14.0 Å². The van der Waals surface area contributed by atoms with Crippen molar-refractivity contribution in [2.45, 2.75) is 45.7 Å². The van der Waals surface area contributed by atoms with E-state index in [-0.39, 0.29) is 31.0 Å². The lowest BCUT2D eigenvalue weighted by Crippen LogP contribution is -2.53. The van der Waals surface area contributed by atoms with Gasteiger partial charge in [0.05, 0.1) is 25.4 Å². The molecular formula is C26H28FN7O4. The number of carbonyl (C=O) groups is 2. The molecule has 0 saturated carbocycles. The van der Waals surface area contributed by atoms with Gasteiger partial charge >= 0.3 is 6.09 Å². The lowest BCUT2D eigenvalue weighted by atomic mass is 10.0. The van der Waals surface area contributed by atoms with Gasteiger partial charge in [-0.15, -0.1) is 0 Å². The highest BCUT2D eigenvalue weighted by Gasteiger charge is 2.39. The minimum atomic E-state index is -0.567. The summed E-state index contributed by atoms with van der Waals surface area (Å²) in [5.74, 6) is -0.528. The van der Waals surface area contributed by atoms with Crippen LogP contribution < -0.4 is 20.7 Å². The van der Waals surface area contributed by atoms with Gasteiger partial charge in [-0.2, -0.15) is 5.10 Å². The fourth-order valence-corrected chi connectivity index (χ4v) is 4.24. The summed E-state index contributed by atoms with van der Waals surface area (Å²) in [7, 11) is 0. The van der Waals surface area contributed by atoms with Gasteiger partial charge in [-0.25, -0.2) is 19.2 Å². The second-order valence-corrected chi connectivity index (χ2v) is 9.41. The Balaban J connectivity index is 1.49. The summed E-state index contributed by atoms with van der Waals surface area (Å²) in [6, 6.07) is 8.49. The number of halogens is 1. The normalized spacial score (nSPS) is 22.4. The predicted molar refractivity (Wildman–Crippen MR) is 139 cm³/mol. The molecule has 2 amide bonds. The van der Waals surface area contributed by atoms with Crippen LogP contribution in [0.15, 0.2) is 52.8 Å². The van der Waals surface area contributed by atoms with E-state index in [1.807, 2.05) is 18.3 Å². The van der Waals surface area contributed by atoms with Crippen molar-refractivity contribution in [1.82, 2.24) is 20.6 Å². The summed E-state index contributed by atoms with van der Waals surface area (Å²) in [4.78, 5) is 33.7. The Labute approximate surface area is 218 Å². The molecule has 12 heteroatoms. The Morgan fingerprint density at radius 3 is 2.84 bits per heavy atom. The van der Waals surface area contributed by atoms with Crippen LogP contribution in [-0.2, 0) is 16.1 Å². The monoisotopic (exact) mass is 521 g/mol. The second-order valence-electron chi connectivity index (χ2n) is 9.41. The van der Waals surface area contributed by atoms with Gasteiger partial charge in [-0.05, 0) is 44.5 Å². The molecule has 2 unspecified atom stereocenters. The van der Waals surface area contributed by atoms with Crippen LogP contribution in [0.25, 0.3) is 5.57 Å². The molecule has 5 rings (SSSR count). The number of fused-ring (bicyclic) bond motifs is 2. The van der Waals surface area contributed by atoms with E-state index >= 15 is 0 Å². The second kappa shape index (κ2) is 10.5. The Kier molecular flexibility index (Phi) is 6.95. The molecule has 11 nitrogen and oxygen atoms in total. The highest BCUT2D eigenvalue weighted by molar-refractivity contribution is 6.23. The van der Waals surface area contributed by atoms with Gasteiger partial charge < -0.3 is 20.1 Å². The largest absolute Gasteiger partial charge is 0.473 e. The van der Waals surface area contributed by atoms with Crippen molar-refractivity contribution in [2.75, 3.05) is 11.9 Å². The number of hydrazone groups is 1. The smallest absolute Gasteiger partial charge is 0.411 e. The molecule has 4 heterocycles. The van der Waals surface area contributed by atoms with E-state index in [2.05, 4.69) is 26.0 Å². The number of rotatable bonds is 3. The highest BCUT2D eigenvalue weighted by Crippen LogP contribution is 2.29. The van der Waals surface area contributed by atoms with Crippen LogP contribution in [0.3, 0.4) is 0 Å². The van der Waals surface area contributed by atoms with E-state index in [0.29, 0.717) is 22.7 Å². The summed E-state index contributed by atoms with van der Waals surface area (Å²) in [5.41, 5.74) is 2.52. The number of pyridine rings is 1. The molecule has 3 aliphatic rings. The number of nitrogens with one attached hydrogen (secondary N) is 3. The zero-order valence-electron chi connectivity index (χ0n) is 21.1. The molecule has 198 valence electrons. The lowest BCUT2D eigenvalue weighted by molar-refractivity contribution is -0.124. The standard InChI is InChI=1S/C26H28FN7O4/c1-14(2)37-26(36)32-19-6-4-16(5-7-19)21-13-34-23-20(12-31-34)24(35)29-9-15(3)38-25-17(8-18(27)11-30-25)10-28-22(21)33-23/h4-8,11-15,20,23H,9-10H2,1-3H3,(H,28,33)(H,29,35)(H,32,36)/t15-,20?,23?/m0/s1. The molecule has 0 aliphatic carbocycles. The number of ether oxygens (including phenoxy) is 2. The molecule has 38 heavy (non-hydrogen) atoms. The van der Waals surface area contributed by atoms with E-state index in [4.69, 9.17) is 14.5 Å². The van der Waals surface area contributed by atoms with Gasteiger partial charge in [0.15, 0.2) is 0 Å². The maximum atomic E-state index is 14.1. The molecule has 0 radical (unpaired) electrons. The molecule has 3 aliphatic heterocycles. The molecule has 1 aromatic heterocycles. The van der Waals surface area contributed by atoms with Crippen LogP contribution in [0.1, 0.15) is 31.9 Å². The SMILES string of the molecule is CC(C)OC(=O)Nc1ccc(C2=CN3N=CC4C(=O)NC[C@H](C)Oc5ncc(F)cc5CN=C2NC43)cc1. The Morgan fingerprint density at radius 2 is 2.08 bits per heavy atom. The van der Waals surface area contributed by atoms with Crippen LogP contribution in [-0.4, -0.2) is 59.0 Å². The average molecular weight is 522 g/mol. The fraction of sp³-hybridized carbons (Fsp3) is 0.346. The van der Waals surface area contributed by atoms with E-state index in [1.54, 1.807) is 44.1 Å². The summed E-state index contributed by atoms with van der Waals surface area (Å²) < 4.78 is 25.1. The molecule has 3 atom stereocenters. The van der Waals surface area contributed by atoms with Gasteiger partial charge in [0.25, 0.3) is 0 Å². The maximum absolute atomic E-state index is 14.1. The van der Waals surface area contributed by atoms with Crippen molar-refractivity contribution < 1.29 is 23.5 Å². The summed E-state index contributed by atoms with van der Waals surface area (Å²) in [5, 5.41) is 15.0. The zero-order chi connectivity index (χ0) is 26.8. The predicted octanol–water partition coefficient (Wildman–Crippen LogP) is 2.86. The number of aliphatic imine (C=N–C) groups is 1. The average Bonchev–Trinajstić information content (AvgIpc) is 3.29. The molecule has 0 fully saturated rings. The summed E-state index contributed by atoms with van der Waals surface area (Å²) >= 11 is 0. The molecular weight excluding hydrogens is 493 g/mol. The van der Waals surface area contributed by atoms with Gasteiger partial charge in [0, 0.05) is 29.2 Å². The lowest BCUT2D eigenvalue weighted by Gasteiger charge is -2.33. The molecule has 0 spiro atoms. The molecule has 0 saturated heterocycles. The maximum Gasteiger partial charge on any atom is 0.411 e. The van der Waals surface area contributed by atoms with Crippen LogP contribution >= 0.6 is 0 Å². The van der Waals surface area contributed by atoms with Crippen molar-refractivity contribution >= 4 is 35.3 Å². The van der Waals surface area contributed by atoms with Crippen molar-refractivity contribution in [3.8, 4) is 5.88 Å². The van der Waals surface area contributed by atoms with E-state index in [1.165, 1.54) is 6.07 Å². The first-order chi connectivity index (χ1) is 18.3. The Morgan fingerprint density at radius 1 is 1.29 bits per heavy atom. The minimum Gasteiger partial charge on any atom is -0.473 e. The molecule has 1 aromatic carbocycles. The van der Waals surface area contributed by atoms with Crippen LogP contribution in [0.5, 0.6) is 5.88 Å². The third-order valence-corrected chi connectivity index (χ3v) is 6.05. The molecule has 2 bridgehead atoms. The number of amides is 2. The van der Waals surface area contributed by atoms with Gasteiger partial charge in [-0.3, -0.25) is 15.1 Å². The number of aromatic nitrogens is 1. The first-order valence-electron chi connectivity index (χ1n) is 12.3. The quantitative estimate of drug-likeness (QED) is 0.566. The third kappa shape index (κ3) is 5.43. The number of hydrogen-bond acceptors (Lipinski definition) is 9. The van der Waals surface area contributed by atoms with Gasteiger partial charge in [-0.1, -0.05) is 12.1 Å². The van der Waals surface area contributed by atoms with Crippen LogP contribution in [0.2, 0.25) is 0 Å². The molecule has 3 N–H and O–H groups in total. The first-order valence-corrected chi connectivity index (χ1v) is 12.3. The van der Waals surface area contributed by atoms with Crippen molar-refractivity contribution in [3.63, 3.8) is 0 Å². The number of carbonyl (C=O) groups excluding carboxylic acids is 2. The van der Waals surface area contributed by atoms with Crippen LogP contribution in [0.4, 0.5) is 14.9 Å². The number of amidine groups is 1. The summed E-state index contributed by atoms with van der Waals surface area (Å²) in [6.07, 6.45) is 2.83. The zero-order valence-corrected chi connectivity index (χ0v) is 21.1. The van der Waals surface area contributed by atoms with Gasteiger partial charge in [0.2, 0.25) is 11.8 Å². The van der Waals surface area contributed by atoms with Crippen molar-refractivity contribution in [1.29, 1.82) is 0 Å². The fourth-order valence-electron chi connectivity index (χ4n) is 4.24. The minimum absolute atomic E-state index is 0.0901. The number of nitrogens with zero attached hydrogens (tertiary/aromatic N) is 4. The van der Waals surface area contributed by atoms with Crippen molar-refractivity contribution in [3.05, 3.63) is 59.7 Å². The summed E-state index contributed by atoms with van der Waals surface area (Å²) in [6.45, 7) is 5.68. The van der Waals surface area contributed by atoms with E-state index < -0.39 is 30.1 Å². The molecule has 2 aromatic rings.